The van der Waals surface area contributed by atoms with Crippen LogP contribution in [-0.2, 0) is 9.53 Å². The lowest BCUT2D eigenvalue weighted by molar-refractivity contribution is -0.125. The summed E-state index contributed by atoms with van der Waals surface area (Å²) in [7, 11) is 0. The first-order chi connectivity index (χ1) is 12.7. The van der Waals surface area contributed by atoms with Gasteiger partial charge in [0.2, 0.25) is 11.8 Å². The zero-order valence-electron chi connectivity index (χ0n) is 14.4. The van der Waals surface area contributed by atoms with Crippen molar-refractivity contribution in [1.29, 1.82) is 0 Å². The predicted octanol–water partition coefficient (Wildman–Crippen LogP) is 1.97. The topological polar surface area (TPSA) is 80.3 Å². The summed E-state index contributed by atoms with van der Waals surface area (Å²) in [6.45, 7) is 5.06. The first-order valence-corrected chi connectivity index (χ1v) is 8.79. The van der Waals surface area contributed by atoms with Gasteiger partial charge in [0.05, 0.1) is 18.5 Å². The number of carbonyl (C=O) groups excluding carboxylic acids is 1. The molecule has 26 heavy (non-hydrogen) atoms. The van der Waals surface area contributed by atoms with Gasteiger partial charge in [-0.1, -0.05) is 6.58 Å². The number of fused-ring (bicyclic) bond motifs is 1. The Morgan fingerprint density at radius 3 is 2.96 bits per heavy atom. The number of aromatic nitrogens is 3. The molecule has 2 aliphatic rings. The molecule has 1 N–H and O–H groups in total. The molecule has 2 aromatic heterocycles. The van der Waals surface area contributed by atoms with Gasteiger partial charge in [-0.2, -0.15) is 0 Å². The number of ether oxygens (including phenoxy) is 2. The minimum absolute atomic E-state index is 0.00367. The fourth-order valence-corrected chi connectivity index (χ4v) is 3.68. The summed E-state index contributed by atoms with van der Waals surface area (Å²) in [6.07, 6.45) is 4.32. The Bertz CT molecular complexity index is 818. The lowest BCUT2D eigenvalue weighted by Gasteiger charge is -2.22. The molecule has 2 saturated heterocycles. The summed E-state index contributed by atoms with van der Waals surface area (Å²) in [5, 5.41) is 0.792. The SMILES string of the molecule is C=CC(=O)N1C[C@@H](F)[C@H](Oc2ncnc3[nH]cc(C4CCOCC4)c23)C1. The lowest BCUT2D eigenvalue weighted by atomic mass is 9.92. The number of halogens is 1. The van der Waals surface area contributed by atoms with Gasteiger partial charge in [-0.3, -0.25) is 4.79 Å². The van der Waals surface area contributed by atoms with Gasteiger partial charge in [-0.25, -0.2) is 14.4 Å². The maximum atomic E-state index is 14.4. The monoisotopic (exact) mass is 360 g/mol. The highest BCUT2D eigenvalue weighted by Crippen LogP contribution is 2.36. The Labute approximate surface area is 150 Å². The molecule has 2 aromatic rings. The Kier molecular flexibility index (Phi) is 4.58. The van der Waals surface area contributed by atoms with Crippen LogP contribution in [0.1, 0.15) is 24.3 Å². The van der Waals surface area contributed by atoms with Crippen molar-refractivity contribution in [1.82, 2.24) is 19.9 Å². The zero-order chi connectivity index (χ0) is 18.1. The van der Waals surface area contributed by atoms with Crippen LogP contribution in [-0.4, -0.2) is 64.3 Å². The average Bonchev–Trinajstić information content (AvgIpc) is 3.26. The molecular formula is C18H21FN4O3. The molecule has 4 rings (SSSR count). The average molecular weight is 360 g/mol. The lowest BCUT2D eigenvalue weighted by Crippen LogP contribution is -2.30. The molecule has 138 valence electrons. The van der Waals surface area contributed by atoms with Crippen molar-refractivity contribution in [2.75, 3.05) is 26.3 Å². The predicted molar refractivity (Wildman–Crippen MR) is 92.8 cm³/mol. The second-order valence-corrected chi connectivity index (χ2v) is 6.65. The van der Waals surface area contributed by atoms with Crippen molar-refractivity contribution >= 4 is 16.9 Å². The van der Waals surface area contributed by atoms with Crippen LogP contribution in [0, 0.1) is 0 Å². The van der Waals surface area contributed by atoms with E-state index in [1.54, 1.807) is 0 Å². The highest BCUT2D eigenvalue weighted by Gasteiger charge is 2.37. The standard InChI is InChI=1S/C18H21FN4O3/c1-2-15(24)23-8-13(19)14(9-23)26-18-16-12(11-3-5-25-6-4-11)7-20-17(16)21-10-22-18/h2,7,10-11,13-14H,1,3-6,8-9H2,(H,20,21,22)/t13-,14-/m1/s1. The van der Waals surface area contributed by atoms with E-state index >= 15 is 0 Å². The van der Waals surface area contributed by atoms with Gasteiger partial charge in [-0.05, 0) is 30.4 Å². The van der Waals surface area contributed by atoms with Crippen molar-refractivity contribution in [3.63, 3.8) is 0 Å². The minimum Gasteiger partial charge on any atom is -0.469 e. The largest absolute Gasteiger partial charge is 0.469 e. The van der Waals surface area contributed by atoms with Gasteiger partial charge in [-0.15, -0.1) is 0 Å². The number of hydrogen-bond acceptors (Lipinski definition) is 5. The number of nitrogens with zero attached hydrogens (tertiary/aromatic N) is 3. The Morgan fingerprint density at radius 1 is 1.38 bits per heavy atom. The van der Waals surface area contributed by atoms with Gasteiger partial charge >= 0.3 is 0 Å². The van der Waals surface area contributed by atoms with E-state index in [2.05, 4.69) is 21.5 Å². The van der Waals surface area contributed by atoms with Crippen LogP contribution >= 0.6 is 0 Å². The van der Waals surface area contributed by atoms with Crippen molar-refractivity contribution in [2.24, 2.45) is 0 Å². The van der Waals surface area contributed by atoms with E-state index in [0.717, 1.165) is 37.0 Å². The van der Waals surface area contributed by atoms with E-state index in [1.165, 1.54) is 17.3 Å². The first-order valence-electron chi connectivity index (χ1n) is 8.79. The highest BCUT2D eigenvalue weighted by atomic mass is 19.1. The minimum atomic E-state index is -1.27. The number of H-pyrrole nitrogens is 1. The number of alkyl halides is 1. The normalized spacial score (nSPS) is 24.1. The van der Waals surface area contributed by atoms with Crippen molar-refractivity contribution in [3.05, 3.63) is 30.7 Å². The van der Waals surface area contributed by atoms with Crippen molar-refractivity contribution in [3.8, 4) is 5.88 Å². The van der Waals surface area contributed by atoms with Crippen LogP contribution in [0.2, 0.25) is 0 Å². The summed E-state index contributed by atoms with van der Waals surface area (Å²) in [4.78, 5) is 24.8. The molecule has 2 atom stereocenters. The van der Waals surface area contributed by atoms with Crippen molar-refractivity contribution in [2.45, 2.75) is 31.0 Å². The molecule has 8 heteroatoms. The molecule has 4 heterocycles. The van der Waals surface area contributed by atoms with Gasteiger partial charge in [0, 0.05) is 19.4 Å². The Morgan fingerprint density at radius 2 is 2.19 bits per heavy atom. The fraction of sp³-hybridized carbons (Fsp3) is 0.500. The van der Waals surface area contributed by atoms with E-state index in [9.17, 15) is 9.18 Å². The van der Waals surface area contributed by atoms with Gasteiger partial charge < -0.3 is 19.4 Å². The van der Waals surface area contributed by atoms with E-state index in [1.807, 2.05) is 6.20 Å². The van der Waals surface area contributed by atoms with Crippen LogP contribution in [0.15, 0.2) is 25.2 Å². The number of aromatic amines is 1. The molecule has 2 fully saturated rings. The molecule has 0 radical (unpaired) electrons. The van der Waals surface area contributed by atoms with Crippen molar-refractivity contribution < 1.29 is 18.7 Å². The number of nitrogens with one attached hydrogen (secondary N) is 1. The second-order valence-electron chi connectivity index (χ2n) is 6.65. The van der Waals surface area contributed by atoms with E-state index in [0.29, 0.717) is 17.4 Å². The zero-order valence-corrected chi connectivity index (χ0v) is 14.4. The van der Waals surface area contributed by atoms with Crippen LogP contribution in [0.4, 0.5) is 4.39 Å². The van der Waals surface area contributed by atoms with Crippen LogP contribution in [0.5, 0.6) is 5.88 Å². The number of amides is 1. The quantitative estimate of drug-likeness (QED) is 0.843. The third-order valence-corrected chi connectivity index (χ3v) is 5.07. The van der Waals surface area contributed by atoms with Crippen LogP contribution in [0.25, 0.3) is 11.0 Å². The summed E-state index contributed by atoms with van der Waals surface area (Å²) in [5.74, 6) is 0.392. The molecule has 7 nitrogen and oxygen atoms in total. The summed E-state index contributed by atoms with van der Waals surface area (Å²) in [5.41, 5.74) is 1.75. The molecule has 0 spiro atoms. The summed E-state index contributed by atoms with van der Waals surface area (Å²) >= 11 is 0. The maximum absolute atomic E-state index is 14.4. The van der Waals surface area contributed by atoms with Gasteiger partial charge in [0.15, 0.2) is 12.3 Å². The second kappa shape index (κ2) is 7.03. The van der Waals surface area contributed by atoms with Gasteiger partial charge in [0.25, 0.3) is 0 Å². The number of carbonyl (C=O) groups is 1. The van der Waals surface area contributed by atoms with Crippen LogP contribution < -0.4 is 4.74 Å². The molecule has 2 aliphatic heterocycles. The molecule has 0 unspecified atom stereocenters. The van der Waals surface area contributed by atoms with E-state index < -0.39 is 12.3 Å². The molecule has 0 saturated carbocycles. The van der Waals surface area contributed by atoms with Crippen LogP contribution in [0.3, 0.4) is 0 Å². The molecule has 1 amide bonds. The third kappa shape index (κ3) is 3.05. The Balaban J connectivity index is 1.61. The fourth-order valence-electron chi connectivity index (χ4n) is 3.68. The van der Waals surface area contributed by atoms with Gasteiger partial charge in [0.1, 0.15) is 12.0 Å². The summed E-state index contributed by atoms with van der Waals surface area (Å²) in [6, 6.07) is 0. The third-order valence-electron chi connectivity index (χ3n) is 5.07. The molecule has 0 aliphatic carbocycles. The highest BCUT2D eigenvalue weighted by molar-refractivity contribution is 5.87. The number of hydrogen-bond donors (Lipinski definition) is 1. The summed E-state index contributed by atoms with van der Waals surface area (Å²) < 4.78 is 25.7. The Hall–Kier alpha value is -2.48. The van der Waals surface area contributed by atoms with E-state index in [4.69, 9.17) is 9.47 Å². The van der Waals surface area contributed by atoms with E-state index in [-0.39, 0.29) is 19.0 Å². The molecule has 0 bridgehead atoms. The molecular weight excluding hydrogens is 339 g/mol. The maximum Gasteiger partial charge on any atom is 0.246 e. The number of rotatable bonds is 4. The number of likely N-dealkylation sites (tertiary alicyclic amines) is 1. The first kappa shape index (κ1) is 17.0. The molecule has 0 aromatic carbocycles. The smallest absolute Gasteiger partial charge is 0.246 e.